The predicted molar refractivity (Wildman–Crippen MR) is 73.1 cm³/mol. The van der Waals surface area contributed by atoms with E-state index >= 15 is 0 Å². The number of rotatable bonds is 1. The molecule has 2 aliphatic heterocycles. The van der Waals surface area contributed by atoms with Crippen molar-refractivity contribution in [2.24, 2.45) is 5.10 Å². The molecular formula is C12H10N2OS2. The summed E-state index contributed by atoms with van der Waals surface area (Å²) in [4.78, 5) is 11.8. The van der Waals surface area contributed by atoms with Crippen LogP contribution in [0.2, 0.25) is 0 Å². The zero-order chi connectivity index (χ0) is 11.7. The lowest BCUT2D eigenvalue weighted by atomic mass is 10.0. The molecule has 1 aromatic rings. The Kier molecular flexibility index (Phi) is 2.94. The maximum Gasteiger partial charge on any atom is 0.275 e. The van der Waals surface area contributed by atoms with Crippen LogP contribution in [0.3, 0.4) is 0 Å². The van der Waals surface area contributed by atoms with Crippen molar-refractivity contribution in [3.8, 4) is 0 Å². The van der Waals surface area contributed by atoms with Crippen molar-refractivity contribution in [1.29, 1.82) is 0 Å². The second-order valence-corrected chi connectivity index (χ2v) is 6.10. The fourth-order valence-corrected chi connectivity index (χ4v) is 4.31. The van der Waals surface area contributed by atoms with Gasteiger partial charge >= 0.3 is 0 Å². The summed E-state index contributed by atoms with van der Waals surface area (Å²) >= 11 is 3.49. The third-order valence-corrected chi connectivity index (χ3v) is 5.25. The van der Waals surface area contributed by atoms with Crippen molar-refractivity contribution in [2.45, 2.75) is 0 Å². The van der Waals surface area contributed by atoms with Gasteiger partial charge in [0.1, 0.15) is 5.71 Å². The molecule has 0 aromatic heterocycles. The number of carbonyl (C=O) groups excluding carboxylic acids is 1. The minimum atomic E-state index is -0.0826. The SMILES string of the molecule is O=C1NN=C(c2ccccc2)C1=C1SCCS1. The van der Waals surface area contributed by atoms with E-state index in [4.69, 9.17) is 0 Å². The number of hydrazone groups is 1. The molecule has 1 fully saturated rings. The summed E-state index contributed by atoms with van der Waals surface area (Å²) in [7, 11) is 0. The van der Waals surface area contributed by atoms with Gasteiger partial charge in [-0.05, 0) is 0 Å². The standard InChI is InChI=1S/C12H10N2OS2/c15-11-9(12-16-6-7-17-12)10(13-14-11)8-4-2-1-3-5-8/h1-5H,6-7H2,(H,14,15). The highest BCUT2D eigenvalue weighted by Crippen LogP contribution is 2.40. The van der Waals surface area contributed by atoms with Crippen LogP contribution in [0, 0.1) is 0 Å². The van der Waals surface area contributed by atoms with Crippen LogP contribution in [0.15, 0.2) is 45.2 Å². The summed E-state index contributed by atoms with van der Waals surface area (Å²) in [5, 5.41) is 4.15. The fourth-order valence-electron chi connectivity index (χ4n) is 1.78. The molecule has 0 bridgehead atoms. The van der Waals surface area contributed by atoms with Gasteiger partial charge in [-0.1, -0.05) is 30.3 Å². The van der Waals surface area contributed by atoms with Gasteiger partial charge in [0.15, 0.2) is 0 Å². The largest absolute Gasteiger partial charge is 0.275 e. The first kappa shape index (κ1) is 10.9. The second kappa shape index (κ2) is 4.58. The van der Waals surface area contributed by atoms with E-state index in [2.05, 4.69) is 10.5 Å². The summed E-state index contributed by atoms with van der Waals surface area (Å²) in [5.41, 5.74) is 5.06. The summed E-state index contributed by atoms with van der Waals surface area (Å²) < 4.78 is 1.10. The first-order valence-electron chi connectivity index (χ1n) is 5.30. The van der Waals surface area contributed by atoms with Crippen molar-refractivity contribution in [3.05, 3.63) is 45.7 Å². The normalized spacial score (nSPS) is 19.5. The Morgan fingerprint density at radius 3 is 2.53 bits per heavy atom. The third-order valence-electron chi connectivity index (χ3n) is 2.53. The first-order valence-corrected chi connectivity index (χ1v) is 7.27. The number of nitrogens with one attached hydrogen (secondary N) is 1. The van der Waals surface area contributed by atoms with E-state index in [-0.39, 0.29) is 5.91 Å². The zero-order valence-electron chi connectivity index (χ0n) is 8.97. The molecule has 2 heterocycles. The molecule has 3 nitrogen and oxygen atoms in total. The molecule has 0 aliphatic carbocycles. The molecule has 0 atom stereocenters. The number of hydrogen-bond acceptors (Lipinski definition) is 4. The molecule has 3 rings (SSSR count). The Bertz CT molecular complexity index is 515. The molecule has 1 aromatic carbocycles. The maximum absolute atomic E-state index is 11.8. The summed E-state index contributed by atoms with van der Waals surface area (Å²) in [6.45, 7) is 0. The van der Waals surface area contributed by atoms with E-state index < -0.39 is 0 Å². The lowest BCUT2D eigenvalue weighted by molar-refractivity contribution is -0.116. The van der Waals surface area contributed by atoms with Crippen LogP contribution in [0.4, 0.5) is 0 Å². The van der Waals surface area contributed by atoms with Gasteiger partial charge in [-0.3, -0.25) is 4.79 Å². The lowest BCUT2D eigenvalue weighted by Crippen LogP contribution is -2.14. The van der Waals surface area contributed by atoms with Crippen molar-refractivity contribution in [1.82, 2.24) is 5.43 Å². The van der Waals surface area contributed by atoms with E-state index in [1.807, 2.05) is 30.3 Å². The molecule has 1 amide bonds. The average Bonchev–Trinajstić information content (AvgIpc) is 2.99. The molecule has 1 N–H and O–H groups in total. The molecule has 2 aliphatic rings. The fraction of sp³-hybridized carbons (Fsp3) is 0.167. The van der Waals surface area contributed by atoms with Gasteiger partial charge in [0.25, 0.3) is 5.91 Å². The van der Waals surface area contributed by atoms with Crippen LogP contribution in [0.1, 0.15) is 5.56 Å². The topological polar surface area (TPSA) is 41.5 Å². The van der Waals surface area contributed by atoms with Gasteiger partial charge in [-0.25, -0.2) is 5.43 Å². The minimum absolute atomic E-state index is 0.0826. The monoisotopic (exact) mass is 262 g/mol. The molecule has 0 unspecified atom stereocenters. The summed E-state index contributed by atoms with van der Waals surface area (Å²) in [6, 6.07) is 9.82. The van der Waals surface area contributed by atoms with Gasteiger partial charge in [-0.2, -0.15) is 5.10 Å². The number of hydrogen-bond donors (Lipinski definition) is 1. The van der Waals surface area contributed by atoms with Crippen LogP contribution in [0.5, 0.6) is 0 Å². The predicted octanol–water partition coefficient (Wildman–Crippen LogP) is 2.21. The van der Waals surface area contributed by atoms with Crippen LogP contribution < -0.4 is 5.43 Å². The Balaban J connectivity index is 2.05. The Morgan fingerprint density at radius 2 is 1.82 bits per heavy atom. The number of benzene rings is 1. The van der Waals surface area contributed by atoms with Crippen LogP contribution in [-0.4, -0.2) is 23.1 Å². The molecule has 0 radical (unpaired) electrons. The van der Waals surface area contributed by atoms with Crippen molar-refractivity contribution >= 4 is 35.1 Å². The highest BCUT2D eigenvalue weighted by molar-refractivity contribution is 8.25. The number of amides is 1. The quantitative estimate of drug-likeness (QED) is 0.789. The summed E-state index contributed by atoms with van der Waals surface area (Å²) in [6.07, 6.45) is 0. The van der Waals surface area contributed by atoms with Gasteiger partial charge in [-0.15, -0.1) is 23.5 Å². The molecule has 0 spiro atoms. The van der Waals surface area contributed by atoms with Gasteiger partial charge < -0.3 is 0 Å². The van der Waals surface area contributed by atoms with E-state index in [0.717, 1.165) is 32.6 Å². The minimum Gasteiger partial charge on any atom is -0.267 e. The van der Waals surface area contributed by atoms with Crippen molar-refractivity contribution < 1.29 is 4.79 Å². The van der Waals surface area contributed by atoms with Crippen LogP contribution in [0.25, 0.3) is 0 Å². The average molecular weight is 262 g/mol. The summed E-state index contributed by atoms with van der Waals surface area (Å²) in [5.74, 6) is 2.05. The van der Waals surface area contributed by atoms with E-state index in [1.165, 1.54) is 0 Å². The molecule has 5 heteroatoms. The zero-order valence-corrected chi connectivity index (χ0v) is 10.6. The Hall–Kier alpha value is -1.20. The smallest absolute Gasteiger partial charge is 0.267 e. The van der Waals surface area contributed by atoms with Gasteiger partial charge in [0.2, 0.25) is 0 Å². The van der Waals surface area contributed by atoms with Crippen molar-refractivity contribution in [2.75, 3.05) is 11.5 Å². The van der Waals surface area contributed by atoms with Gasteiger partial charge in [0, 0.05) is 17.1 Å². The molecule has 17 heavy (non-hydrogen) atoms. The van der Waals surface area contributed by atoms with Crippen molar-refractivity contribution in [3.63, 3.8) is 0 Å². The molecule has 1 saturated heterocycles. The van der Waals surface area contributed by atoms with Crippen LogP contribution in [-0.2, 0) is 4.79 Å². The molecule has 0 saturated carbocycles. The molecular weight excluding hydrogens is 252 g/mol. The molecule has 86 valence electrons. The maximum atomic E-state index is 11.8. The van der Waals surface area contributed by atoms with Gasteiger partial charge in [0.05, 0.1) is 9.81 Å². The Labute approximate surface area is 108 Å². The third kappa shape index (κ3) is 2.00. The number of carbonyl (C=O) groups is 1. The van der Waals surface area contributed by atoms with E-state index in [1.54, 1.807) is 23.5 Å². The van der Waals surface area contributed by atoms with E-state index in [9.17, 15) is 4.79 Å². The first-order chi connectivity index (χ1) is 8.36. The van der Waals surface area contributed by atoms with E-state index in [0.29, 0.717) is 0 Å². The lowest BCUT2D eigenvalue weighted by Gasteiger charge is -2.03. The number of thioether (sulfide) groups is 2. The Morgan fingerprint density at radius 1 is 1.12 bits per heavy atom. The highest BCUT2D eigenvalue weighted by atomic mass is 32.2. The number of nitrogens with zero attached hydrogens (tertiary/aromatic N) is 1. The second-order valence-electron chi connectivity index (χ2n) is 3.63. The van der Waals surface area contributed by atoms with Crippen LogP contribution >= 0.6 is 23.5 Å². The highest BCUT2D eigenvalue weighted by Gasteiger charge is 2.29.